The summed E-state index contributed by atoms with van der Waals surface area (Å²) >= 11 is 0. The van der Waals surface area contributed by atoms with E-state index in [1.54, 1.807) is 0 Å². The number of benzene rings is 3. The van der Waals surface area contributed by atoms with Gasteiger partial charge in [0.25, 0.3) is 0 Å². The molecule has 0 spiro atoms. The molecule has 3 aromatic carbocycles. The Morgan fingerprint density at radius 1 is 0.762 bits per heavy atom. The summed E-state index contributed by atoms with van der Waals surface area (Å²) in [6, 6.07) is 24.9. The highest BCUT2D eigenvalue weighted by atomic mass is 14.8. The van der Waals surface area contributed by atoms with Crippen LogP contribution in [0.1, 0.15) is 11.1 Å². The van der Waals surface area contributed by atoms with Gasteiger partial charge >= 0.3 is 0 Å². The van der Waals surface area contributed by atoms with Gasteiger partial charge in [-0.3, -0.25) is 0 Å². The van der Waals surface area contributed by atoms with Crippen LogP contribution in [0.25, 0.3) is 10.8 Å². The highest BCUT2D eigenvalue weighted by Gasteiger charge is 2.27. The molecule has 3 rings (SSSR count). The molecule has 2 nitrogen and oxygen atoms in total. The first-order valence-corrected chi connectivity index (χ1v) is 7.24. The van der Waals surface area contributed by atoms with Gasteiger partial charge in [-0.1, -0.05) is 72.8 Å². The number of hydrogen-bond acceptors (Lipinski definition) is 2. The first-order chi connectivity index (χ1) is 10.2. The lowest BCUT2D eigenvalue weighted by Crippen LogP contribution is -2.46. The molecule has 0 saturated carbocycles. The Morgan fingerprint density at radius 3 is 2.19 bits per heavy atom. The van der Waals surface area contributed by atoms with Gasteiger partial charge in [0.1, 0.15) is 0 Å². The Labute approximate surface area is 125 Å². The highest BCUT2D eigenvalue weighted by Crippen LogP contribution is 2.29. The molecule has 3 aromatic rings. The molecule has 0 aliphatic carbocycles. The van der Waals surface area contributed by atoms with E-state index in [9.17, 15) is 0 Å². The van der Waals surface area contributed by atoms with E-state index in [-0.39, 0.29) is 0 Å². The second kappa shape index (κ2) is 5.68. The third-order valence-corrected chi connectivity index (χ3v) is 4.05. The monoisotopic (exact) mass is 276 g/mol. The van der Waals surface area contributed by atoms with Crippen LogP contribution < -0.4 is 11.5 Å². The van der Waals surface area contributed by atoms with E-state index < -0.39 is 5.54 Å². The second-order valence-corrected chi connectivity index (χ2v) is 5.55. The molecular formula is C19H20N2. The molecule has 21 heavy (non-hydrogen) atoms. The fourth-order valence-corrected chi connectivity index (χ4v) is 2.90. The first-order valence-electron chi connectivity index (χ1n) is 7.24. The Kier molecular flexibility index (Phi) is 3.74. The van der Waals surface area contributed by atoms with Gasteiger partial charge in [-0.2, -0.15) is 0 Å². The summed E-state index contributed by atoms with van der Waals surface area (Å²) in [5.74, 6) is 0. The van der Waals surface area contributed by atoms with Crippen LogP contribution in [-0.4, -0.2) is 6.54 Å². The minimum absolute atomic E-state index is 0.413. The number of nitrogens with two attached hydrogens (primary N) is 2. The molecule has 0 heterocycles. The van der Waals surface area contributed by atoms with Crippen molar-refractivity contribution < 1.29 is 0 Å². The van der Waals surface area contributed by atoms with Crippen LogP contribution in [0.4, 0.5) is 0 Å². The van der Waals surface area contributed by atoms with Gasteiger partial charge in [0.15, 0.2) is 0 Å². The third-order valence-electron chi connectivity index (χ3n) is 4.05. The number of fused-ring (bicyclic) bond motifs is 1. The van der Waals surface area contributed by atoms with Crippen molar-refractivity contribution in [2.24, 2.45) is 11.5 Å². The van der Waals surface area contributed by atoms with E-state index in [0.29, 0.717) is 6.54 Å². The van der Waals surface area contributed by atoms with Crippen LogP contribution in [0, 0.1) is 0 Å². The van der Waals surface area contributed by atoms with Gasteiger partial charge in [-0.15, -0.1) is 0 Å². The van der Waals surface area contributed by atoms with Gasteiger partial charge in [-0.25, -0.2) is 0 Å². The molecular weight excluding hydrogens is 256 g/mol. The van der Waals surface area contributed by atoms with Crippen LogP contribution in [-0.2, 0) is 12.0 Å². The SMILES string of the molecule is NCC(N)(Cc1ccccc1)c1cccc2ccccc12. The predicted molar refractivity (Wildman–Crippen MR) is 89.0 cm³/mol. The van der Waals surface area contributed by atoms with Gasteiger partial charge in [0, 0.05) is 6.54 Å². The maximum absolute atomic E-state index is 6.69. The molecule has 0 saturated heterocycles. The second-order valence-electron chi connectivity index (χ2n) is 5.55. The van der Waals surface area contributed by atoms with Crippen LogP contribution in [0.5, 0.6) is 0 Å². The van der Waals surface area contributed by atoms with Crippen molar-refractivity contribution in [1.82, 2.24) is 0 Å². The van der Waals surface area contributed by atoms with Crippen molar-refractivity contribution in [3.63, 3.8) is 0 Å². The Bertz CT molecular complexity index is 731. The molecule has 0 fully saturated rings. The van der Waals surface area contributed by atoms with Crippen molar-refractivity contribution >= 4 is 10.8 Å². The van der Waals surface area contributed by atoms with Crippen LogP contribution in [0.15, 0.2) is 72.8 Å². The molecule has 0 bridgehead atoms. The van der Waals surface area contributed by atoms with Gasteiger partial charge in [-0.05, 0) is 28.3 Å². The fraction of sp³-hybridized carbons (Fsp3) is 0.158. The summed E-state index contributed by atoms with van der Waals surface area (Å²) in [6.45, 7) is 0.413. The Morgan fingerprint density at radius 2 is 1.43 bits per heavy atom. The van der Waals surface area contributed by atoms with Crippen LogP contribution >= 0.6 is 0 Å². The molecule has 0 amide bonds. The van der Waals surface area contributed by atoms with Crippen molar-refractivity contribution in [2.45, 2.75) is 12.0 Å². The third kappa shape index (κ3) is 2.68. The van der Waals surface area contributed by atoms with Gasteiger partial charge in [0.2, 0.25) is 0 Å². The first kappa shape index (κ1) is 13.8. The molecule has 0 aromatic heterocycles. The molecule has 0 radical (unpaired) electrons. The zero-order chi connectivity index (χ0) is 14.7. The molecule has 106 valence electrons. The van der Waals surface area contributed by atoms with E-state index in [4.69, 9.17) is 11.5 Å². The van der Waals surface area contributed by atoms with E-state index in [1.807, 2.05) is 30.3 Å². The van der Waals surface area contributed by atoms with E-state index >= 15 is 0 Å². The summed E-state index contributed by atoms with van der Waals surface area (Å²) in [4.78, 5) is 0. The molecule has 1 atom stereocenters. The fourth-order valence-electron chi connectivity index (χ4n) is 2.90. The quantitative estimate of drug-likeness (QED) is 0.769. The molecule has 0 aliphatic rings. The zero-order valence-electron chi connectivity index (χ0n) is 12.0. The highest BCUT2D eigenvalue weighted by molar-refractivity contribution is 5.86. The topological polar surface area (TPSA) is 52.0 Å². The summed E-state index contributed by atoms with van der Waals surface area (Å²) in [7, 11) is 0. The Hall–Kier alpha value is -2.16. The average molecular weight is 276 g/mol. The standard InChI is InChI=1S/C19H20N2/c20-14-19(21,13-15-7-2-1-3-8-15)18-12-6-10-16-9-4-5-11-17(16)18/h1-12H,13-14,20-21H2. The summed E-state index contributed by atoms with van der Waals surface area (Å²) in [5, 5.41) is 2.38. The smallest absolute Gasteiger partial charge is 0.0580 e. The van der Waals surface area contributed by atoms with E-state index in [2.05, 4.69) is 42.5 Å². The number of hydrogen-bond donors (Lipinski definition) is 2. The largest absolute Gasteiger partial charge is 0.328 e. The maximum atomic E-state index is 6.69. The normalized spacial score (nSPS) is 14.0. The molecule has 2 heteroatoms. The van der Waals surface area contributed by atoms with Crippen LogP contribution in [0.2, 0.25) is 0 Å². The summed E-state index contributed by atoms with van der Waals surface area (Å²) in [6.07, 6.45) is 0.734. The Balaban J connectivity index is 2.09. The molecule has 4 N–H and O–H groups in total. The minimum atomic E-state index is -0.553. The lowest BCUT2D eigenvalue weighted by atomic mass is 9.82. The van der Waals surface area contributed by atoms with Gasteiger partial charge < -0.3 is 11.5 Å². The van der Waals surface area contributed by atoms with E-state index in [1.165, 1.54) is 16.3 Å². The number of rotatable bonds is 4. The van der Waals surface area contributed by atoms with Crippen molar-refractivity contribution in [1.29, 1.82) is 0 Å². The minimum Gasteiger partial charge on any atom is -0.328 e. The van der Waals surface area contributed by atoms with E-state index in [0.717, 1.165) is 12.0 Å². The predicted octanol–water partition coefficient (Wildman–Crippen LogP) is 3.20. The summed E-state index contributed by atoms with van der Waals surface area (Å²) in [5.41, 5.74) is 14.5. The summed E-state index contributed by atoms with van der Waals surface area (Å²) < 4.78 is 0. The van der Waals surface area contributed by atoms with Crippen molar-refractivity contribution in [2.75, 3.05) is 6.54 Å². The van der Waals surface area contributed by atoms with Gasteiger partial charge in [0.05, 0.1) is 5.54 Å². The zero-order valence-corrected chi connectivity index (χ0v) is 12.0. The maximum Gasteiger partial charge on any atom is 0.0580 e. The average Bonchev–Trinajstić information content (AvgIpc) is 2.55. The van der Waals surface area contributed by atoms with Crippen molar-refractivity contribution in [3.8, 4) is 0 Å². The lowest BCUT2D eigenvalue weighted by Gasteiger charge is -2.30. The lowest BCUT2D eigenvalue weighted by molar-refractivity contribution is 0.457. The van der Waals surface area contributed by atoms with Crippen molar-refractivity contribution in [3.05, 3.63) is 83.9 Å². The van der Waals surface area contributed by atoms with Crippen LogP contribution in [0.3, 0.4) is 0 Å². The molecule has 0 aliphatic heterocycles. The molecule has 1 unspecified atom stereocenters.